The smallest absolute Gasteiger partial charge is 0.0816 e. The summed E-state index contributed by atoms with van der Waals surface area (Å²) >= 11 is 0. The highest BCUT2D eigenvalue weighted by molar-refractivity contribution is 6.23. The Morgan fingerprint density at radius 3 is 1.62 bits per heavy atom. The summed E-state index contributed by atoms with van der Waals surface area (Å²) < 4.78 is 0. The molecule has 1 aliphatic rings. The van der Waals surface area contributed by atoms with Crippen LogP contribution < -0.4 is 0 Å². The lowest BCUT2D eigenvalue weighted by Gasteiger charge is -2.19. The van der Waals surface area contributed by atoms with Crippen molar-refractivity contribution >= 4 is 17.0 Å². The van der Waals surface area contributed by atoms with Crippen molar-refractivity contribution in [3.8, 4) is 22.4 Å². The zero-order chi connectivity index (χ0) is 33.6. The minimum Gasteiger partial charge on any atom is -0.354 e. The molecule has 5 aromatic carbocycles. The van der Waals surface area contributed by atoms with Crippen LogP contribution in [0.15, 0.2) is 138 Å². The summed E-state index contributed by atoms with van der Waals surface area (Å²) in [7, 11) is 0. The molecule has 0 saturated heterocycles. The molecule has 7 rings (SSSR count). The molecule has 2 heteroatoms. The van der Waals surface area contributed by atoms with Crippen molar-refractivity contribution in [1.29, 1.82) is 0 Å². The summed E-state index contributed by atoms with van der Waals surface area (Å²) in [5, 5.41) is 0. The lowest BCUT2D eigenvalue weighted by molar-refractivity contribution is 0.590. The van der Waals surface area contributed by atoms with E-state index in [9.17, 15) is 0 Å². The predicted octanol–water partition coefficient (Wildman–Crippen LogP) is 12.0. The van der Waals surface area contributed by atoms with Gasteiger partial charge in [-0.2, -0.15) is 0 Å². The molecule has 0 fully saturated rings. The quantitative estimate of drug-likeness (QED) is 0.198. The normalized spacial score (nSPS) is 14.1. The number of nitrogens with zero attached hydrogens (tertiary/aromatic N) is 1. The summed E-state index contributed by atoms with van der Waals surface area (Å²) in [6.07, 6.45) is 0. The van der Waals surface area contributed by atoms with E-state index in [1.54, 1.807) is 0 Å². The fourth-order valence-electron chi connectivity index (χ4n) is 6.59. The standard InChI is InChI=1S/C46H44N2/c1-30-17-19-34(20-18-30)42-37-15-11-12-16-38(37)43(48-42)41(33-13-9-8-10-14-33)44-39(31-21-25-35(26-22-31)45(2,3)4)29-40(47-44)32-23-27-36(28-24-32)46(5,6)7/h8-29,47H,1-7H3/b43-41-. The summed E-state index contributed by atoms with van der Waals surface area (Å²) in [5.74, 6) is 0. The first kappa shape index (κ1) is 31.4. The molecule has 0 spiro atoms. The van der Waals surface area contributed by atoms with Crippen molar-refractivity contribution in [2.45, 2.75) is 59.3 Å². The number of fused-ring (bicyclic) bond motifs is 1. The molecule has 48 heavy (non-hydrogen) atoms. The Balaban J connectivity index is 1.51. The second-order valence-corrected chi connectivity index (χ2v) is 15.1. The number of aromatic amines is 1. The van der Waals surface area contributed by atoms with Crippen LogP contribution in [-0.4, -0.2) is 10.7 Å². The number of aryl methyl sites for hydroxylation is 1. The van der Waals surface area contributed by atoms with E-state index in [-0.39, 0.29) is 10.8 Å². The fourth-order valence-corrected chi connectivity index (χ4v) is 6.59. The number of benzene rings is 5. The van der Waals surface area contributed by atoms with Gasteiger partial charge in [-0.25, -0.2) is 4.99 Å². The average Bonchev–Trinajstić information content (AvgIpc) is 3.68. The Morgan fingerprint density at radius 2 is 1.04 bits per heavy atom. The van der Waals surface area contributed by atoms with E-state index in [0.717, 1.165) is 61.8 Å². The summed E-state index contributed by atoms with van der Waals surface area (Å²) in [6.45, 7) is 15.7. The van der Waals surface area contributed by atoms with Crippen molar-refractivity contribution < 1.29 is 0 Å². The van der Waals surface area contributed by atoms with E-state index in [1.165, 1.54) is 22.3 Å². The molecule has 1 aromatic heterocycles. The van der Waals surface area contributed by atoms with Crippen LogP contribution in [-0.2, 0) is 10.8 Å². The highest BCUT2D eigenvalue weighted by Crippen LogP contribution is 2.44. The second kappa shape index (κ2) is 12.1. The van der Waals surface area contributed by atoms with Crippen LogP contribution in [0.5, 0.6) is 0 Å². The Morgan fingerprint density at radius 1 is 0.521 bits per heavy atom. The molecule has 2 heterocycles. The predicted molar refractivity (Wildman–Crippen MR) is 205 cm³/mol. The molecule has 0 aliphatic carbocycles. The summed E-state index contributed by atoms with van der Waals surface area (Å²) in [5.41, 5.74) is 17.3. The van der Waals surface area contributed by atoms with Gasteiger partial charge in [0.2, 0.25) is 0 Å². The monoisotopic (exact) mass is 624 g/mol. The SMILES string of the molecule is Cc1ccc(C2=N/C(=C(/c3ccccc3)c3[nH]c(-c4ccc(C(C)(C)C)cc4)cc3-c3ccc(C(C)(C)C)cc3)c3ccccc32)cc1. The van der Waals surface area contributed by atoms with Gasteiger partial charge < -0.3 is 4.98 Å². The Kier molecular flexibility index (Phi) is 7.92. The first-order valence-corrected chi connectivity index (χ1v) is 17.0. The Labute approximate surface area is 286 Å². The summed E-state index contributed by atoms with van der Waals surface area (Å²) in [4.78, 5) is 9.43. The van der Waals surface area contributed by atoms with Gasteiger partial charge in [-0.15, -0.1) is 0 Å². The van der Waals surface area contributed by atoms with Crippen LogP contribution in [0, 0.1) is 6.92 Å². The van der Waals surface area contributed by atoms with E-state index in [0.29, 0.717) is 0 Å². The largest absolute Gasteiger partial charge is 0.354 e. The van der Waals surface area contributed by atoms with Crippen LogP contribution in [0.3, 0.4) is 0 Å². The van der Waals surface area contributed by atoms with Crippen molar-refractivity contribution in [3.05, 3.63) is 178 Å². The molecule has 6 aromatic rings. The number of aliphatic imine (C=N–C) groups is 1. The van der Waals surface area contributed by atoms with Crippen molar-refractivity contribution in [3.63, 3.8) is 0 Å². The number of rotatable bonds is 5. The van der Waals surface area contributed by atoms with E-state index in [2.05, 4.69) is 187 Å². The molecule has 0 atom stereocenters. The minimum atomic E-state index is 0.0747. The number of hydrogen-bond acceptors (Lipinski definition) is 1. The van der Waals surface area contributed by atoms with Gasteiger partial charge in [0.25, 0.3) is 0 Å². The maximum absolute atomic E-state index is 5.49. The van der Waals surface area contributed by atoms with Crippen LogP contribution >= 0.6 is 0 Å². The number of H-pyrrole nitrogens is 1. The molecule has 0 unspecified atom stereocenters. The topological polar surface area (TPSA) is 28.1 Å². The van der Waals surface area contributed by atoms with Crippen LogP contribution in [0.25, 0.3) is 33.7 Å². The molecular weight excluding hydrogens is 581 g/mol. The van der Waals surface area contributed by atoms with Crippen LogP contribution in [0.2, 0.25) is 0 Å². The molecular formula is C46H44N2. The number of nitrogens with one attached hydrogen (secondary N) is 1. The van der Waals surface area contributed by atoms with E-state index >= 15 is 0 Å². The van der Waals surface area contributed by atoms with Gasteiger partial charge in [-0.05, 0) is 51.6 Å². The molecule has 0 radical (unpaired) electrons. The Hall–Kier alpha value is -5.21. The van der Waals surface area contributed by atoms with E-state index < -0.39 is 0 Å². The fraction of sp³-hybridized carbons (Fsp3) is 0.196. The van der Waals surface area contributed by atoms with Gasteiger partial charge in [-0.3, -0.25) is 0 Å². The summed E-state index contributed by atoms with van der Waals surface area (Å²) in [6, 6.07) is 48.5. The maximum Gasteiger partial charge on any atom is 0.0816 e. The van der Waals surface area contributed by atoms with Gasteiger partial charge >= 0.3 is 0 Å². The van der Waals surface area contributed by atoms with Gasteiger partial charge in [0, 0.05) is 33.5 Å². The van der Waals surface area contributed by atoms with Gasteiger partial charge in [0.05, 0.1) is 17.1 Å². The molecule has 0 saturated carbocycles. The molecule has 0 amide bonds. The molecule has 1 N–H and O–H groups in total. The third-order valence-electron chi connectivity index (χ3n) is 9.48. The lowest BCUT2D eigenvalue weighted by Crippen LogP contribution is -2.10. The maximum atomic E-state index is 5.49. The van der Waals surface area contributed by atoms with Crippen LogP contribution in [0.4, 0.5) is 0 Å². The van der Waals surface area contributed by atoms with E-state index in [1.807, 2.05) is 0 Å². The van der Waals surface area contributed by atoms with Gasteiger partial charge in [0.15, 0.2) is 0 Å². The highest BCUT2D eigenvalue weighted by Gasteiger charge is 2.28. The second-order valence-electron chi connectivity index (χ2n) is 15.1. The molecule has 238 valence electrons. The zero-order valence-electron chi connectivity index (χ0n) is 29.1. The third kappa shape index (κ3) is 6.00. The van der Waals surface area contributed by atoms with E-state index in [4.69, 9.17) is 4.99 Å². The van der Waals surface area contributed by atoms with Gasteiger partial charge in [0.1, 0.15) is 0 Å². The third-order valence-corrected chi connectivity index (χ3v) is 9.48. The molecule has 1 aliphatic heterocycles. The Bertz CT molecular complexity index is 2140. The first-order valence-electron chi connectivity index (χ1n) is 17.0. The number of hydrogen-bond donors (Lipinski definition) is 1. The zero-order valence-corrected chi connectivity index (χ0v) is 29.1. The average molecular weight is 625 g/mol. The lowest BCUT2D eigenvalue weighted by atomic mass is 9.85. The van der Waals surface area contributed by atoms with Crippen molar-refractivity contribution in [2.75, 3.05) is 0 Å². The van der Waals surface area contributed by atoms with Gasteiger partial charge in [-0.1, -0.05) is 174 Å². The first-order chi connectivity index (χ1) is 23.0. The minimum absolute atomic E-state index is 0.0747. The molecule has 0 bridgehead atoms. The van der Waals surface area contributed by atoms with Crippen molar-refractivity contribution in [1.82, 2.24) is 4.98 Å². The van der Waals surface area contributed by atoms with Crippen molar-refractivity contribution in [2.24, 2.45) is 4.99 Å². The highest BCUT2D eigenvalue weighted by atomic mass is 14.8. The van der Waals surface area contributed by atoms with Crippen LogP contribution in [0.1, 0.15) is 86.2 Å². The molecule has 2 nitrogen and oxygen atoms in total. The number of aromatic nitrogens is 1.